The second kappa shape index (κ2) is 18.9. The lowest BCUT2D eigenvalue weighted by Gasteiger charge is -2.14. The van der Waals surface area contributed by atoms with Gasteiger partial charge in [0.25, 0.3) is 0 Å². The molecule has 6 heteroatoms. The number of hydrogen-bond acceptors (Lipinski definition) is 6. The first-order valence-electron chi connectivity index (χ1n) is 12.0. The molecule has 0 bridgehead atoms. The van der Waals surface area contributed by atoms with Gasteiger partial charge in [-0.05, 0) is 63.1 Å². The van der Waals surface area contributed by atoms with Gasteiger partial charge in [-0.2, -0.15) is 0 Å². The van der Waals surface area contributed by atoms with E-state index in [-0.39, 0.29) is 19.2 Å². The minimum absolute atomic E-state index is 0.220. The first-order valence-corrected chi connectivity index (χ1v) is 12.0. The summed E-state index contributed by atoms with van der Waals surface area (Å²) < 4.78 is 17.1. The molecule has 1 rings (SSSR count). The summed E-state index contributed by atoms with van der Waals surface area (Å²) in [6.45, 7) is 4.11. The molecular weight excluding hydrogens is 396 g/mol. The van der Waals surface area contributed by atoms with E-state index in [4.69, 9.17) is 24.4 Å². The molecule has 178 valence electrons. The fourth-order valence-electron chi connectivity index (χ4n) is 3.16. The highest BCUT2D eigenvalue weighted by Gasteiger charge is 2.16. The lowest BCUT2D eigenvalue weighted by molar-refractivity contribution is 0.0492. The van der Waals surface area contributed by atoms with Crippen LogP contribution in [0.4, 0.5) is 0 Å². The van der Waals surface area contributed by atoms with Crippen molar-refractivity contribution in [2.24, 2.45) is 0 Å². The Morgan fingerprint density at radius 3 is 1.97 bits per heavy atom. The van der Waals surface area contributed by atoms with E-state index in [1.165, 1.54) is 0 Å². The quantitative estimate of drug-likeness (QED) is 0.213. The monoisotopic (exact) mass is 438 g/mol. The molecule has 2 N–H and O–H groups in total. The Bertz CT molecular complexity index is 575. The molecule has 0 saturated heterocycles. The Balaban J connectivity index is 2.61. The van der Waals surface area contributed by atoms with Gasteiger partial charge in [0.2, 0.25) is 0 Å². The summed E-state index contributed by atoms with van der Waals surface area (Å²) >= 11 is 0. The van der Waals surface area contributed by atoms with Gasteiger partial charge in [0.1, 0.15) is 17.1 Å². The third kappa shape index (κ3) is 13.3. The van der Waals surface area contributed by atoms with Gasteiger partial charge in [0.05, 0.1) is 19.8 Å². The van der Waals surface area contributed by atoms with Crippen LogP contribution in [0.5, 0.6) is 11.5 Å². The van der Waals surface area contributed by atoms with E-state index in [1.54, 1.807) is 12.1 Å². The molecule has 0 unspecified atom stereocenters. The van der Waals surface area contributed by atoms with E-state index in [2.05, 4.69) is 6.92 Å². The first kappa shape index (κ1) is 27.2. The van der Waals surface area contributed by atoms with Crippen LogP contribution in [0.25, 0.3) is 0 Å². The number of aliphatic hydroxyl groups is 2. The molecule has 0 aliphatic heterocycles. The molecule has 0 radical (unpaired) electrons. The molecular formula is C25H42O6. The van der Waals surface area contributed by atoms with Gasteiger partial charge in [-0.15, -0.1) is 0 Å². The maximum absolute atomic E-state index is 12.7. The van der Waals surface area contributed by atoms with Crippen molar-refractivity contribution in [3.05, 3.63) is 23.8 Å². The van der Waals surface area contributed by atoms with E-state index in [0.29, 0.717) is 36.9 Å². The summed E-state index contributed by atoms with van der Waals surface area (Å²) in [5.41, 5.74) is 0.406. The Morgan fingerprint density at radius 1 is 0.742 bits per heavy atom. The van der Waals surface area contributed by atoms with Gasteiger partial charge in [0, 0.05) is 13.2 Å². The molecule has 0 spiro atoms. The maximum Gasteiger partial charge on any atom is 0.342 e. The highest BCUT2D eigenvalue weighted by atomic mass is 16.5. The molecule has 1 aromatic rings. The molecule has 6 nitrogen and oxygen atoms in total. The Hall–Kier alpha value is -1.79. The average molecular weight is 439 g/mol. The highest BCUT2D eigenvalue weighted by molar-refractivity contribution is 5.93. The number of carbonyl (C=O) groups excluding carboxylic acids is 1. The van der Waals surface area contributed by atoms with Crippen LogP contribution in [0, 0.1) is 0 Å². The van der Waals surface area contributed by atoms with Crippen LogP contribution >= 0.6 is 0 Å². The van der Waals surface area contributed by atoms with Crippen LogP contribution in [-0.4, -0.2) is 49.2 Å². The number of carbonyl (C=O) groups is 1. The predicted octanol–water partition coefficient (Wildman–Crippen LogP) is 5.29. The zero-order valence-electron chi connectivity index (χ0n) is 19.3. The van der Waals surface area contributed by atoms with Crippen LogP contribution in [0.15, 0.2) is 18.2 Å². The third-order valence-electron chi connectivity index (χ3n) is 5.03. The second-order valence-electron chi connectivity index (χ2n) is 7.83. The largest absolute Gasteiger partial charge is 0.494 e. The van der Waals surface area contributed by atoms with Crippen molar-refractivity contribution in [3.8, 4) is 11.5 Å². The lowest BCUT2D eigenvalue weighted by Crippen LogP contribution is -2.10. The lowest BCUT2D eigenvalue weighted by atomic mass is 10.1. The van der Waals surface area contributed by atoms with E-state index in [1.807, 2.05) is 6.07 Å². The van der Waals surface area contributed by atoms with Gasteiger partial charge in [0.15, 0.2) is 0 Å². The molecule has 0 fully saturated rings. The predicted molar refractivity (Wildman–Crippen MR) is 123 cm³/mol. The number of ether oxygens (including phenoxy) is 3. The molecule has 0 aromatic heterocycles. The van der Waals surface area contributed by atoms with Crippen molar-refractivity contribution < 1.29 is 29.2 Å². The van der Waals surface area contributed by atoms with Crippen LogP contribution in [0.2, 0.25) is 0 Å². The van der Waals surface area contributed by atoms with E-state index in [9.17, 15) is 4.79 Å². The zero-order valence-corrected chi connectivity index (χ0v) is 19.3. The first-order chi connectivity index (χ1) is 15.2. The molecule has 0 aliphatic rings. The third-order valence-corrected chi connectivity index (χ3v) is 5.03. The fraction of sp³-hybridized carbons (Fsp3) is 0.720. The number of esters is 1. The van der Waals surface area contributed by atoms with Gasteiger partial charge >= 0.3 is 5.97 Å². The van der Waals surface area contributed by atoms with E-state index >= 15 is 0 Å². The second-order valence-corrected chi connectivity index (χ2v) is 7.83. The van der Waals surface area contributed by atoms with E-state index < -0.39 is 0 Å². The zero-order chi connectivity index (χ0) is 22.6. The minimum Gasteiger partial charge on any atom is -0.494 e. The molecule has 0 amide bonds. The summed E-state index contributed by atoms with van der Waals surface area (Å²) in [4.78, 5) is 12.7. The molecule has 0 saturated carbocycles. The van der Waals surface area contributed by atoms with Crippen LogP contribution in [0.1, 0.15) is 94.3 Å². The molecule has 0 aliphatic carbocycles. The van der Waals surface area contributed by atoms with Gasteiger partial charge in [-0.1, -0.05) is 39.0 Å². The topological polar surface area (TPSA) is 85.2 Å². The molecule has 0 atom stereocenters. The van der Waals surface area contributed by atoms with Gasteiger partial charge in [-0.25, -0.2) is 4.79 Å². The minimum atomic E-state index is -0.375. The van der Waals surface area contributed by atoms with Crippen molar-refractivity contribution in [2.75, 3.05) is 33.0 Å². The maximum atomic E-state index is 12.7. The molecule has 0 heterocycles. The summed E-state index contributed by atoms with van der Waals surface area (Å²) in [5.74, 6) is 0.784. The summed E-state index contributed by atoms with van der Waals surface area (Å²) in [6.07, 6.45) is 11.6. The Morgan fingerprint density at radius 2 is 1.32 bits per heavy atom. The Kier molecular flexibility index (Phi) is 16.6. The fourth-order valence-corrected chi connectivity index (χ4v) is 3.16. The number of unbranched alkanes of at least 4 members (excludes halogenated alkanes) is 9. The van der Waals surface area contributed by atoms with Crippen LogP contribution in [0.3, 0.4) is 0 Å². The van der Waals surface area contributed by atoms with Gasteiger partial charge in [-0.3, -0.25) is 0 Å². The smallest absolute Gasteiger partial charge is 0.342 e. The number of rotatable bonds is 20. The standard InChI is InChI=1S/C25H42O6/c1-2-3-4-11-20-31-25(28)23-21-22(29-18-12-7-5-9-16-26)14-15-24(23)30-19-13-8-6-10-17-27/h14-15,21,26-27H,2-13,16-20H2,1H3. The van der Waals surface area contributed by atoms with Crippen molar-refractivity contribution in [3.63, 3.8) is 0 Å². The normalized spacial score (nSPS) is 10.8. The summed E-state index contributed by atoms with van der Waals surface area (Å²) in [6, 6.07) is 5.32. The van der Waals surface area contributed by atoms with Gasteiger partial charge < -0.3 is 24.4 Å². The number of aliphatic hydroxyl groups excluding tert-OH is 2. The Labute approximate surface area is 187 Å². The summed E-state index contributed by atoms with van der Waals surface area (Å²) in [5, 5.41) is 17.7. The van der Waals surface area contributed by atoms with E-state index in [0.717, 1.165) is 77.0 Å². The molecule has 31 heavy (non-hydrogen) atoms. The van der Waals surface area contributed by atoms with Crippen molar-refractivity contribution in [2.45, 2.75) is 84.0 Å². The number of benzene rings is 1. The van der Waals surface area contributed by atoms with Crippen molar-refractivity contribution in [1.29, 1.82) is 0 Å². The SMILES string of the molecule is CCCCCCOC(=O)c1cc(OCCCCCCO)ccc1OCCCCCCO. The number of hydrogen-bond donors (Lipinski definition) is 2. The molecule has 1 aromatic carbocycles. The van der Waals surface area contributed by atoms with Crippen molar-refractivity contribution in [1.82, 2.24) is 0 Å². The van der Waals surface area contributed by atoms with Crippen molar-refractivity contribution >= 4 is 5.97 Å². The van der Waals surface area contributed by atoms with Crippen LogP contribution < -0.4 is 9.47 Å². The van der Waals surface area contributed by atoms with Crippen LogP contribution in [-0.2, 0) is 4.74 Å². The average Bonchev–Trinajstić information content (AvgIpc) is 2.78. The summed E-state index contributed by atoms with van der Waals surface area (Å²) in [7, 11) is 0. The highest BCUT2D eigenvalue weighted by Crippen LogP contribution is 2.26.